The van der Waals surface area contributed by atoms with Crippen LogP contribution in [0.25, 0.3) is 0 Å². The summed E-state index contributed by atoms with van der Waals surface area (Å²) in [6, 6.07) is 1.76. The standard InChI is InChI=1S/C15H25NO2/c1-4-5-6-7-8-9-12-18-15-10-11-16(17)14(3)13(15)2/h10-11H,4-9,12H2,1-3H3. The van der Waals surface area contributed by atoms with Crippen LogP contribution in [0, 0.1) is 19.1 Å². The second kappa shape index (κ2) is 7.96. The molecular formula is C15H25NO2. The van der Waals surface area contributed by atoms with Crippen molar-refractivity contribution in [1.29, 1.82) is 0 Å². The molecule has 3 heteroatoms. The lowest BCUT2D eigenvalue weighted by atomic mass is 10.1. The second-order valence-electron chi connectivity index (χ2n) is 4.83. The Balaban J connectivity index is 2.25. The smallest absolute Gasteiger partial charge is 0.196 e. The summed E-state index contributed by atoms with van der Waals surface area (Å²) in [4.78, 5) is 0. The minimum Gasteiger partial charge on any atom is -0.618 e. The third kappa shape index (κ3) is 4.55. The van der Waals surface area contributed by atoms with E-state index in [1.807, 2.05) is 13.8 Å². The number of hydrogen-bond acceptors (Lipinski definition) is 2. The van der Waals surface area contributed by atoms with Crippen LogP contribution in [0.5, 0.6) is 5.75 Å². The van der Waals surface area contributed by atoms with Gasteiger partial charge < -0.3 is 9.94 Å². The van der Waals surface area contributed by atoms with E-state index in [9.17, 15) is 5.21 Å². The maximum absolute atomic E-state index is 11.3. The molecule has 1 aromatic heterocycles. The van der Waals surface area contributed by atoms with Crippen LogP contribution >= 0.6 is 0 Å². The summed E-state index contributed by atoms with van der Waals surface area (Å²) in [7, 11) is 0. The van der Waals surface area contributed by atoms with Crippen molar-refractivity contribution in [2.45, 2.75) is 59.3 Å². The molecule has 0 fully saturated rings. The van der Waals surface area contributed by atoms with Crippen molar-refractivity contribution in [3.8, 4) is 5.75 Å². The van der Waals surface area contributed by atoms with E-state index in [0.29, 0.717) is 0 Å². The molecule has 1 aromatic rings. The van der Waals surface area contributed by atoms with Crippen LogP contribution in [0.15, 0.2) is 12.3 Å². The summed E-state index contributed by atoms with van der Waals surface area (Å²) in [5.41, 5.74) is 1.66. The first-order valence-electron chi connectivity index (χ1n) is 6.99. The van der Waals surface area contributed by atoms with E-state index in [1.165, 1.54) is 38.3 Å². The SMILES string of the molecule is CCCCCCCCOc1cc[n+]([O-])c(C)c1C. The Labute approximate surface area is 110 Å². The molecule has 0 aliphatic carbocycles. The summed E-state index contributed by atoms with van der Waals surface area (Å²) in [6.07, 6.45) is 9.08. The van der Waals surface area contributed by atoms with E-state index >= 15 is 0 Å². The van der Waals surface area contributed by atoms with Crippen LogP contribution < -0.4 is 9.47 Å². The predicted molar refractivity (Wildman–Crippen MR) is 73.7 cm³/mol. The maximum Gasteiger partial charge on any atom is 0.196 e. The maximum atomic E-state index is 11.3. The molecule has 0 aromatic carbocycles. The molecule has 0 spiro atoms. The highest BCUT2D eigenvalue weighted by Crippen LogP contribution is 2.18. The van der Waals surface area contributed by atoms with E-state index in [1.54, 1.807) is 6.07 Å². The molecule has 102 valence electrons. The Kier molecular flexibility index (Phi) is 6.55. The van der Waals surface area contributed by atoms with Gasteiger partial charge in [-0.2, -0.15) is 4.73 Å². The van der Waals surface area contributed by atoms with Crippen LogP contribution in [0.4, 0.5) is 0 Å². The quantitative estimate of drug-likeness (QED) is 0.401. The zero-order valence-electron chi connectivity index (χ0n) is 11.9. The summed E-state index contributed by atoms with van der Waals surface area (Å²) >= 11 is 0. The fraction of sp³-hybridized carbons (Fsp3) is 0.667. The third-order valence-electron chi connectivity index (χ3n) is 3.36. The fourth-order valence-electron chi connectivity index (χ4n) is 1.94. The van der Waals surface area contributed by atoms with Crippen LogP contribution in [0.3, 0.4) is 0 Å². The molecule has 3 nitrogen and oxygen atoms in total. The molecule has 0 aliphatic rings. The molecular weight excluding hydrogens is 226 g/mol. The van der Waals surface area contributed by atoms with Gasteiger partial charge >= 0.3 is 0 Å². The van der Waals surface area contributed by atoms with Crippen molar-refractivity contribution in [1.82, 2.24) is 0 Å². The molecule has 0 saturated heterocycles. The minimum absolute atomic E-state index is 0.718. The van der Waals surface area contributed by atoms with Gasteiger partial charge in [-0.05, 0) is 13.3 Å². The fourth-order valence-corrected chi connectivity index (χ4v) is 1.94. The first-order chi connectivity index (χ1) is 8.66. The highest BCUT2D eigenvalue weighted by molar-refractivity contribution is 5.31. The first kappa shape index (κ1) is 14.8. The lowest BCUT2D eigenvalue weighted by molar-refractivity contribution is -0.612. The van der Waals surface area contributed by atoms with E-state index < -0.39 is 0 Å². The van der Waals surface area contributed by atoms with E-state index in [-0.39, 0.29) is 0 Å². The molecule has 0 N–H and O–H groups in total. The van der Waals surface area contributed by atoms with Gasteiger partial charge in [0.1, 0.15) is 5.75 Å². The Morgan fingerprint density at radius 2 is 1.78 bits per heavy atom. The third-order valence-corrected chi connectivity index (χ3v) is 3.36. The molecule has 0 unspecified atom stereocenters. The highest BCUT2D eigenvalue weighted by Gasteiger charge is 2.09. The van der Waals surface area contributed by atoms with Crippen LogP contribution in [0.2, 0.25) is 0 Å². The van der Waals surface area contributed by atoms with Gasteiger partial charge in [0.15, 0.2) is 11.9 Å². The van der Waals surface area contributed by atoms with Crippen molar-refractivity contribution >= 4 is 0 Å². The average molecular weight is 251 g/mol. The van der Waals surface area contributed by atoms with Crippen molar-refractivity contribution in [3.05, 3.63) is 28.7 Å². The first-order valence-corrected chi connectivity index (χ1v) is 6.99. The van der Waals surface area contributed by atoms with Gasteiger partial charge in [0, 0.05) is 13.0 Å². The van der Waals surface area contributed by atoms with Crippen molar-refractivity contribution in [2.75, 3.05) is 6.61 Å². The van der Waals surface area contributed by atoms with Gasteiger partial charge in [0.05, 0.1) is 12.2 Å². The van der Waals surface area contributed by atoms with Crippen LogP contribution in [-0.2, 0) is 0 Å². The van der Waals surface area contributed by atoms with E-state index in [2.05, 4.69) is 6.92 Å². The second-order valence-corrected chi connectivity index (χ2v) is 4.83. The molecule has 0 amide bonds. The minimum atomic E-state index is 0.718. The summed E-state index contributed by atoms with van der Waals surface area (Å²) in [6.45, 7) is 6.72. The molecule has 18 heavy (non-hydrogen) atoms. The number of aromatic nitrogens is 1. The summed E-state index contributed by atoms with van der Waals surface area (Å²) < 4.78 is 6.61. The Hall–Kier alpha value is -1.25. The lowest BCUT2D eigenvalue weighted by Gasteiger charge is -2.10. The molecule has 0 atom stereocenters. The molecule has 0 bridgehead atoms. The molecule has 1 rings (SSSR count). The average Bonchev–Trinajstić information content (AvgIpc) is 2.37. The van der Waals surface area contributed by atoms with Gasteiger partial charge in [-0.25, -0.2) is 0 Å². The molecule has 0 radical (unpaired) electrons. The van der Waals surface area contributed by atoms with Gasteiger partial charge in [-0.3, -0.25) is 0 Å². The van der Waals surface area contributed by atoms with Gasteiger partial charge in [0.2, 0.25) is 0 Å². The molecule has 0 saturated carbocycles. The topological polar surface area (TPSA) is 36.2 Å². The number of rotatable bonds is 8. The van der Waals surface area contributed by atoms with Gasteiger partial charge in [-0.15, -0.1) is 0 Å². The highest BCUT2D eigenvalue weighted by atomic mass is 16.5. The van der Waals surface area contributed by atoms with Gasteiger partial charge in [-0.1, -0.05) is 39.0 Å². The summed E-state index contributed by atoms with van der Waals surface area (Å²) in [5, 5.41) is 11.3. The zero-order valence-corrected chi connectivity index (χ0v) is 11.9. The number of pyridine rings is 1. The van der Waals surface area contributed by atoms with E-state index in [0.717, 1.165) is 34.8 Å². The van der Waals surface area contributed by atoms with Crippen LogP contribution in [0.1, 0.15) is 56.7 Å². The Morgan fingerprint density at radius 3 is 2.50 bits per heavy atom. The monoisotopic (exact) mass is 251 g/mol. The van der Waals surface area contributed by atoms with Crippen molar-refractivity contribution in [3.63, 3.8) is 0 Å². The lowest BCUT2D eigenvalue weighted by Crippen LogP contribution is -2.30. The number of ether oxygens (including phenoxy) is 1. The van der Waals surface area contributed by atoms with Gasteiger partial charge in [0.25, 0.3) is 0 Å². The molecule has 0 aliphatic heterocycles. The largest absolute Gasteiger partial charge is 0.618 e. The molecule has 1 heterocycles. The van der Waals surface area contributed by atoms with E-state index in [4.69, 9.17) is 4.74 Å². The summed E-state index contributed by atoms with van der Waals surface area (Å²) in [5.74, 6) is 0.841. The normalized spacial score (nSPS) is 10.6. The van der Waals surface area contributed by atoms with Crippen molar-refractivity contribution in [2.24, 2.45) is 0 Å². The number of unbranched alkanes of at least 4 members (excludes halogenated alkanes) is 5. The number of nitrogens with zero attached hydrogens (tertiary/aromatic N) is 1. The Bertz CT molecular complexity index is 364. The predicted octanol–water partition coefficient (Wildman–Crippen LogP) is 3.68. The van der Waals surface area contributed by atoms with Crippen LogP contribution in [-0.4, -0.2) is 6.61 Å². The Morgan fingerprint density at radius 1 is 1.11 bits per heavy atom. The zero-order chi connectivity index (χ0) is 13.4. The van der Waals surface area contributed by atoms with Crippen molar-refractivity contribution < 1.29 is 9.47 Å². The number of hydrogen-bond donors (Lipinski definition) is 0.